The monoisotopic (exact) mass is 896 g/mol. The summed E-state index contributed by atoms with van der Waals surface area (Å²) in [7, 11) is -1.32. The summed E-state index contributed by atoms with van der Waals surface area (Å²) in [6.45, 7) is 0. The molecule has 28 heavy (non-hydrogen) atoms. The summed E-state index contributed by atoms with van der Waals surface area (Å²) < 4.78 is 0. The fourth-order valence-electron chi connectivity index (χ4n) is 0.684. The van der Waals surface area contributed by atoms with Crippen molar-refractivity contribution in [1.82, 2.24) is 0 Å². The lowest BCUT2D eigenvalue weighted by Crippen LogP contribution is -2.34. The maximum Gasteiger partial charge on any atom is 0.0451 e. The van der Waals surface area contributed by atoms with E-state index in [0.29, 0.717) is 0 Å². The molecule has 0 aromatic heterocycles. The summed E-state index contributed by atoms with van der Waals surface area (Å²) in [6, 6.07) is 0. The Balaban J connectivity index is 7.64. The zero-order valence-electron chi connectivity index (χ0n) is 11.5. The van der Waals surface area contributed by atoms with E-state index < -0.39 is 48.7 Å². The van der Waals surface area contributed by atoms with Crippen molar-refractivity contribution in [2.45, 2.75) is 0 Å². The second-order valence-electron chi connectivity index (χ2n) is 3.49. The van der Waals surface area contributed by atoms with Gasteiger partial charge in [-0.3, -0.25) is 7.05 Å². The number of hydrogen-bond donors (Lipinski definition) is 1. The van der Waals surface area contributed by atoms with Crippen molar-refractivity contribution < 1.29 is 0 Å². The molecule has 0 fully saturated rings. The fraction of sp³-hybridized carbons (Fsp3) is 0. The third kappa shape index (κ3) is 6.03. The lowest BCUT2D eigenvalue weighted by Gasteiger charge is -2.33. The molecule has 0 aliphatic rings. The molecule has 28 heteroatoms. The van der Waals surface area contributed by atoms with Crippen LogP contribution in [0.2, 0.25) is 0 Å². The molecule has 0 saturated carbocycles. The van der Waals surface area contributed by atoms with Gasteiger partial charge in [-0.1, -0.05) is 39.2 Å². The minimum absolute atomic E-state index is 1.32. The molecule has 0 rings (SSSR count). The Morgan fingerprint density at radius 2 is 0.607 bits per heavy atom. The Kier molecular flexibility index (Phi) is 14.3. The highest BCUT2D eigenvalue weighted by Gasteiger charge is 2.38. The molecule has 0 unspecified atom stereocenters. The van der Waals surface area contributed by atoms with Crippen molar-refractivity contribution in [2.24, 2.45) is 0 Å². The molecule has 0 aliphatic carbocycles. The molecule has 0 amide bonds. The molecule has 0 bridgehead atoms. The van der Waals surface area contributed by atoms with E-state index >= 15 is 0 Å². The molecule has 0 heterocycles. The van der Waals surface area contributed by atoms with Gasteiger partial charge in [-0.25, -0.2) is 22.4 Å². The van der Waals surface area contributed by atoms with Gasteiger partial charge in [0.2, 0.25) is 0 Å². The Hall–Kier alpha value is 7.46. The Morgan fingerprint density at radius 1 is 0.393 bits per heavy atom. The van der Waals surface area contributed by atoms with E-state index in [1.807, 2.05) is 0 Å². The Labute approximate surface area is 255 Å². The van der Waals surface area contributed by atoms with E-state index in [1.54, 1.807) is 0 Å². The van der Waals surface area contributed by atoms with E-state index in [2.05, 4.69) is 11.7 Å². The summed E-state index contributed by atoms with van der Waals surface area (Å²) in [5.74, 6) is 0. The van der Waals surface area contributed by atoms with Crippen LogP contribution >= 0.6 is 11.7 Å². The number of thiol groups is 1. The van der Waals surface area contributed by atoms with Gasteiger partial charge in [0.15, 0.2) is 0 Å². The minimum atomic E-state index is -3.19. The molecule has 0 aliphatic heterocycles. The van der Waals surface area contributed by atoms with E-state index in [0.717, 1.165) is 0 Å². The molecule has 0 atom stereocenters. The van der Waals surface area contributed by atoms with Crippen LogP contribution in [-0.4, -0.2) is 0 Å². The molecular formula is HS28-. The van der Waals surface area contributed by atoms with Gasteiger partial charge in [0.25, 0.3) is 0 Å². The molecule has 0 saturated heterocycles. The summed E-state index contributed by atoms with van der Waals surface area (Å²) in [5.41, 5.74) is 0. The molecule has 0 N–H and O–H groups in total. The van der Waals surface area contributed by atoms with E-state index in [-0.39, 0.29) is 0 Å². The number of hydrogen-bond acceptors (Lipinski definition) is 19. The molecule has 170 valence electrons. The summed E-state index contributed by atoms with van der Waals surface area (Å²) in [6.07, 6.45) is 0. The average molecular weight is 899 g/mol. The van der Waals surface area contributed by atoms with Gasteiger partial charge < -0.3 is 0 Å². The first-order chi connectivity index (χ1) is 11.7. The quantitative estimate of drug-likeness (QED) is 0.202. The van der Waals surface area contributed by atoms with Crippen LogP contribution in [0.3, 0.4) is 0 Å². The van der Waals surface area contributed by atoms with Crippen LogP contribution in [0.15, 0.2) is 0 Å². The van der Waals surface area contributed by atoms with Gasteiger partial charge in [-0.2, -0.15) is 0 Å². The molecular weight excluding hydrogens is 898 g/mol. The van der Waals surface area contributed by atoms with Gasteiger partial charge in [-0.05, 0) is 157 Å². The van der Waals surface area contributed by atoms with Crippen molar-refractivity contribution in [3.63, 3.8) is 0 Å². The maximum absolute atomic E-state index is 5.68. The lowest BCUT2D eigenvalue weighted by atomic mass is 29.7. The zero-order chi connectivity index (χ0) is 23.6. The standard InChI is InChI=1S/HS28/c1-20(2)22(6,7)24(10,11)26(14,15)28(18,19)27(16,17)25(12,13)23(8,9)21(3,4)5/h(H,3,4,5)/q-1. The van der Waals surface area contributed by atoms with Crippen LogP contribution in [0.1, 0.15) is 0 Å². The molecule has 0 spiro atoms. The second kappa shape index (κ2) is 11.3. The van der Waals surface area contributed by atoms with Gasteiger partial charge in [-0.15, -0.1) is 0 Å². The number of rotatable bonds is 8. The van der Waals surface area contributed by atoms with Crippen LogP contribution in [-0.2, 0) is 250 Å². The van der Waals surface area contributed by atoms with Crippen LogP contribution in [0.25, 0.3) is 0 Å². The molecule has 0 nitrogen and oxygen atoms in total. The van der Waals surface area contributed by atoms with Crippen LogP contribution in [0.4, 0.5) is 0 Å². The largest absolute Gasteiger partial charge is 0.271 e. The summed E-state index contributed by atoms with van der Waals surface area (Å²) in [5, 5.41) is -24.0. The summed E-state index contributed by atoms with van der Waals surface area (Å²) >= 11 is 103. The highest BCUT2D eigenvalue weighted by molar-refractivity contribution is 9.72. The van der Waals surface area contributed by atoms with E-state index in [4.69, 9.17) is 201 Å². The summed E-state index contributed by atoms with van der Waals surface area (Å²) in [4.78, 5) is 0. The van der Waals surface area contributed by atoms with E-state index in [1.165, 1.54) is 0 Å². The van der Waals surface area contributed by atoms with Crippen molar-refractivity contribution in [3.8, 4) is 0 Å². The van der Waals surface area contributed by atoms with Crippen molar-refractivity contribution >= 4 is 262 Å². The molecule has 0 radical (unpaired) electrons. The van der Waals surface area contributed by atoms with Crippen molar-refractivity contribution in [1.29, 1.82) is 0 Å². The first kappa shape index (κ1) is 35.5. The third-order valence-corrected chi connectivity index (χ3v) is 156. The van der Waals surface area contributed by atoms with Crippen LogP contribution < -0.4 is 0 Å². The predicted molar refractivity (Wildman–Crippen MR) is 208 cm³/mol. The topological polar surface area (TPSA) is 0 Å². The minimum Gasteiger partial charge on any atom is -0.271 e. The highest BCUT2D eigenvalue weighted by atomic mass is 34.4. The Bertz CT molecular complexity index is 1600. The smallest absolute Gasteiger partial charge is 0.0451 e. The molecule has 0 aromatic carbocycles. The van der Waals surface area contributed by atoms with E-state index in [9.17, 15) is 0 Å². The van der Waals surface area contributed by atoms with Crippen LogP contribution in [0.5, 0.6) is 0 Å². The third-order valence-electron chi connectivity index (χ3n) is 1.92. The molecule has 0 aromatic rings. The van der Waals surface area contributed by atoms with Crippen molar-refractivity contribution in [2.75, 3.05) is 0 Å². The van der Waals surface area contributed by atoms with Gasteiger partial charge >= 0.3 is 0 Å². The first-order valence-corrected chi connectivity index (χ1v) is 40.6. The Morgan fingerprint density at radius 3 is 0.821 bits per heavy atom. The SMILES string of the molecule is S=[S-](=S)S(=S)(=S)S(=S)(=S)S(=S)(=S)S(=S)(=S)S(=S)(=S)S(=S)(=S)S(=S)(=S)S(=S)(=S)S. The second-order valence-corrected chi connectivity index (χ2v) is 94.2. The lowest BCUT2D eigenvalue weighted by molar-refractivity contribution is 5.03. The highest BCUT2D eigenvalue weighted by Crippen LogP contribution is 2.36. The van der Waals surface area contributed by atoms with Crippen molar-refractivity contribution in [3.05, 3.63) is 0 Å². The zero-order valence-corrected chi connectivity index (χ0v) is 34.4. The predicted octanol–water partition coefficient (Wildman–Crippen LogP) is 0.316. The normalized spacial score (nSPS) is 16.1. The van der Waals surface area contributed by atoms with Gasteiger partial charge in [0, 0.05) is 36.5 Å². The fourth-order valence-corrected chi connectivity index (χ4v) is 166. The average Bonchev–Trinajstić information content (AvgIpc) is 2.44. The first-order valence-electron chi connectivity index (χ1n) is 4.52. The van der Waals surface area contributed by atoms with Gasteiger partial charge in [0.05, 0.1) is 0 Å². The van der Waals surface area contributed by atoms with Crippen LogP contribution in [0, 0.1) is 0 Å². The maximum atomic E-state index is 5.68. The van der Waals surface area contributed by atoms with Gasteiger partial charge in [0.1, 0.15) is 0 Å².